The fourth-order valence-corrected chi connectivity index (χ4v) is 1.40. The van der Waals surface area contributed by atoms with Crippen molar-refractivity contribution in [2.24, 2.45) is 0 Å². The molecule has 14 heavy (non-hydrogen) atoms. The molecule has 0 N–H and O–H groups in total. The SMILES string of the molecule is CC(=O)Cc1ccc(C=CCBr)cc1. The van der Waals surface area contributed by atoms with Crippen LogP contribution < -0.4 is 0 Å². The summed E-state index contributed by atoms with van der Waals surface area (Å²) in [5.74, 6) is 0.203. The smallest absolute Gasteiger partial charge is 0.134 e. The number of halogens is 1. The lowest BCUT2D eigenvalue weighted by Crippen LogP contribution is -1.95. The van der Waals surface area contributed by atoms with E-state index in [0.717, 1.165) is 16.5 Å². The van der Waals surface area contributed by atoms with Gasteiger partial charge in [0.05, 0.1) is 0 Å². The van der Waals surface area contributed by atoms with Crippen LogP contribution in [0.3, 0.4) is 0 Å². The maximum absolute atomic E-state index is 10.8. The first-order valence-corrected chi connectivity index (χ1v) is 5.65. The van der Waals surface area contributed by atoms with Crippen LogP contribution in [-0.2, 0) is 11.2 Å². The van der Waals surface area contributed by atoms with Crippen LogP contribution >= 0.6 is 15.9 Å². The zero-order chi connectivity index (χ0) is 10.4. The van der Waals surface area contributed by atoms with Crippen molar-refractivity contribution in [1.29, 1.82) is 0 Å². The predicted molar refractivity (Wildman–Crippen MR) is 63.7 cm³/mol. The number of allylic oxidation sites excluding steroid dienone is 1. The lowest BCUT2D eigenvalue weighted by Gasteiger charge is -1.98. The van der Waals surface area contributed by atoms with Crippen molar-refractivity contribution in [2.75, 3.05) is 5.33 Å². The summed E-state index contributed by atoms with van der Waals surface area (Å²) in [6, 6.07) is 8.04. The quantitative estimate of drug-likeness (QED) is 0.753. The monoisotopic (exact) mass is 252 g/mol. The Balaban J connectivity index is 2.68. The van der Waals surface area contributed by atoms with Crippen molar-refractivity contribution in [3.63, 3.8) is 0 Å². The largest absolute Gasteiger partial charge is 0.300 e. The van der Waals surface area contributed by atoms with Gasteiger partial charge >= 0.3 is 0 Å². The summed E-state index contributed by atoms with van der Waals surface area (Å²) in [6.45, 7) is 1.61. The molecule has 1 nitrogen and oxygen atoms in total. The highest BCUT2D eigenvalue weighted by atomic mass is 79.9. The van der Waals surface area contributed by atoms with E-state index in [9.17, 15) is 4.79 Å². The van der Waals surface area contributed by atoms with Gasteiger partial charge in [-0.25, -0.2) is 0 Å². The zero-order valence-corrected chi connectivity index (χ0v) is 9.75. The lowest BCUT2D eigenvalue weighted by atomic mass is 10.1. The van der Waals surface area contributed by atoms with E-state index in [1.165, 1.54) is 0 Å². The summed E-state index contributed by atoms with van der Waals surface area (Å²) in [4.78, 5) is 10.8. The molecule has 0 radical (unpaired) electrons. The molecule has 1 aromatic rings. The van der Waals surface area contributed by atoms with Gasteiger partial charge in [-0.05, 0) is 18.1 Å². The molecule has 0 saturated carbocycles. The number of alkyl halides is 1. The summed E-state index contributed by atoms with van der Waals surface area (Å²) in [5.41, 5.74) is 2.24. The van der Waals surface area contributed by atoms with E-state index in [4.69, 9.17) is 0 Å². The van der Waals surface area contributed by atoms with Crippen LogP contribution in [-0.4, -0.2) is 11.1 Å². The van der Waals surface area contributed by atoms with E-state index in [-0.39, 0.29) is 5.78 Å². The predicted octanol–water partition coefficient (Wildman–Crippen LogP) is 3.23. The van der Waals surface area contributed by atoms with Gasteiger partial charge in [0.2, 0.25) is 0 Å². The Labute approximate surface area is 93.0 Å². The first kappa shape index (κ1) is 11.2. The molecule has 1 rings (SSSR count). The van der Waals surface area contributed by atoms with E-state index in [2.05, 4.69) is 15.9 Å². The molecule has 0 heterocycles. The van der Waals surface area contributed by atoms with E-state index < -0.39 is 0 Å². The Kier molecular flexibility index (Phi) is 4.60. The number of carbonyl (C=O) groups excluding carboxylic acids is 1. The number of rotatable bonds is 4. The maximum Gasteiger partial charge on any atom is 0.134 e. The van der Waals surface area contributed by atoms with Crippen LogP contribution in [0.1, 0.15) is 18.1 Å². The number of carbonyl (C=O) groups is 1. The van der Waals surface area contributed by atoms with Gasteiger partial charge in [-0.3, -0.25) is 4.79 Å². The van der Waals surface area contributed by atoms with Crippen molar-refractivity contribution in [3.8, 4) is 0 Å². The van der Waals surface area contributed by atoms with Crippen LogP contribution in [0, 0.1) is 0 Å². The minimum atomic E-state index is 0.203. The highest BCUT2D eigenvalue weighted by Gasteiger charge is 1.96. The molecule has 0 aromatic heterocycles. The molecule has 0 aliphatic rings. The van der Waals surface area contributed by atoms with Crippen molar-refractivity contribution >= 4 is 27.8 Å². The number of Topliss-reactive ketones (excluding diaryl/α,β-unsaturated/α-hetero) is 1. The van der Waals surface area contributed by atoms with Gasteiger partial charge in [-0.1, -0.05) is 52.3 Å². The van der Waals surface area contributed by atoms with Gasteiger partial charge in [-0.15, -0.1) is 0 Å². The number of ketones is 1. The zero-order valence-electron chi connectivity index (χ0n) is 8.16. The first-order chi connectivity index (χ1) is 6.72. The lowest BCUT2D eigenvalue weighted by molar-refractivity contribution is -0.116. The second-order valence-electron chi connectivity index (χ2n) is 3.18. The van der Waals surface area contributed by atoms with E-state index in [1.807, 2.05) is 36.4 Å². The molecule has 0 atom stereocenters. The summed E-state index contributed by atoms with van der Waals surface area (Å²) in [5, 5.41) is 0.863. The third-order valence-electron chi connectivity index (χ3n) is 1.83. The van der Waals surface area contributed by atoms with Crippen LogP contribution in [0.2, 0.25) is 0 Å². The number of benzene rings is 1. The van der Waals surface area contributed by atoms with Crippen molar-refractivity contribution < 1.29 is 4.79 Å². The molecule has 0 amide bonds. The van der Waals surface area contributed by atoms with Gasteiger partial charge in [0, 0.05) is 11.8 Å². The highest BCUT2D eigenvalue weighted by Crippen LogP contribution is 2.07. The third kappa shape index (κ3) is 3.88. The Morgan fingerprint density at radius 2 is 2.00 bits per heavy atom. The van der Waals surface area contributed by atoms with Crippen molar-refractivity contribution in [1.82, 2.24) is 0 Å². The second-order valence-corrected chi connectivity index (χ2v) is 3.82. The minimum Gasteiger partial charge on any atom is -0.300 e. The average Bonchev–Trinajstić information content (AvgIpc) is 2.16. The van der Waals surface area contributed by atoms with E-state index >= 15 is 0 Å². The van der Waals surface area contributed by atoms with Gasteiger partial charge in [0.25, 0.3) is 0 Å². The van der Waals surface area contributed by atoms with Crippen LogP contribution in [0.4, 0.5) is 0 Å². The molecule has 0 spiro atoms. The molecule has 1 aromatic carbocycles. The summed E-state index contributed by atoms with van der Waals surface area (Å²) >= 11 is 3.32. The number of hydrogen-bond acceptors (Lipinski definition) is 1. The van der Waals surface area contributed by atoms with Crippen molar-refractivity contribution in [3.05, 3.63) is 41.5 Å². The molecular formula is C12H13BrO. The van der Waals surface area contributed by atoms with Crippen LogP contribution in [0.15, 0.2) is 30.3 Å². The summed E-state index contributed by atoms with van der Waals surface area (Å²) < 4.78 is 0. The molecule has 0 fully saturated rings. The van der Waals surface area contributed by atoms with Gasteiger partial charge in [-0.2, -0.15) is 0 Å². The third-order valence-corrected chi connectivity index (χ3v) is 2.21. The fourth-order valence-electron chi connectivity index (χ4n) is 1.21. The molecule has 2 heteroatoms. The normalized spacial score (nSPS) is 10.7. The Morgan fingerprint density at radius 3 is 2.50 bits per heavy atom. The first-order valence-electron chi connectivity index (χ1n) is 4.53. The molecular weight excluding hydrogens is 240 g/mol. The van der Waals surface area contributed by atoms with E-state index in [1.54, 1.807) is 6.92 Å². The topological polar surface area (TPSA) is 17.1 Å². The minimum absolute atomic E-state index is 0.203. The second kappa shape index (κ2) is 5.76. The van der Waals surface area contributed by atoms with Crippen molar-refractivity contribution in [2.45, 2.75) is 13.3 Å². The Bertz CT molecular complexity index is 325. The van der Waals surface area contributed by atoms with Gasteiger partial charge < -0.3 is 0 Å². The Morgan fingerprint density at radius 1 is 1.36 bits per heavy atom. The molecule has 0 unspecified atom stereocenters. The standard InChI is InChI=1S/C12H13BrO/c1-10(14)9-12-6-4-11(5-7-12)3-2-8-13/h2-7H,8-9H2,1H3. The molecule has 74 valence electrons. The van der Waals surface area contributed by atoms with Crippen LogP contribution in [0.25, 0.3) is 6.08 Å². The number of hydrogen-bond donors (Lipinski definition) is 0. The van der Waals surface area contributed by atoms with Gasteiger partial charge in [0.15, 0.2) is 0 Å². The molecule has 0 aliphatic heterocycles. The van der Waals surface area contributed by atoms with Crippen LogP contribution in [0.5, 0.6) is 0 Å². The molecule has 0 saturated heterocycles. The fraction of sp³-hybridized carbons (Fsp3) is 0.250. The summed E-state index contributed by atoms with van der Waals surface area (Å²) in [6.07, 6.45) is 4.62. The molecule has 0 aliphatic carbocycles. The van der Waals surface area contributed by atoms with E-state index in [0.29, 0.717) is 6.42 Å². The Hall–Kier alpha value is -0.890. The van der Waals surface area contributed by atoms with Gasteiger partial charge in [0.1, 0.15) is 5.78 Å². The maximum atomic E-state index is 10.8. The molecule has 0 bridgehead atoms. The summed E-state index contributed by atoms with van der Waals surface area (Å²) in [7, 11) is 0. The highest BCUT2D eigenvalue weighted by molar-refractivity contribution is 9.09. The average molecular weight is 253 g/mol.